The van der Waals surface area contributed by atoms with Gasteiger partial charge in [-0.2, -0.15) is 4.99 Å². The number of ether oxygens (including phenoxy) is 1. The number of methoxy groups -OCH3 is 1. The molecule has 0 atom stereocenters. The highest BCUT2D eigenvalue weighted by molar-refractivity contribution is 7.89. The van der Waals surface area contributed by atoms with Crippen LogP contribution in [0.5, 0.6) is 0 Å². The van der Waals surface area contributed by atoms with Gasteiger partial charge in [0.1, 0.15) is 0 Å². The van der Waals surface area contributed by atoms with Crippen molar-refractivity contribution in [2.75, 3.05) is 13.7 Å². The van der Waals surface area contributed by atoms with Gasteiger partial charge in [-0.3, -0.25) is 14.9 Å². The number of hydrogen-bond donors (Lipinski definition) is 1. The summed E-state index contributed by atoms with van der Waals surface area (Å²) in [5.41, 5.74) is 0.736. The number of fused-ring (bicyclic) bond motifs is 1. The molecule has 29 heavy (non-hydrogen) atoms. The molecule has 152 valence electrons. The zero-order valence-corrected chi connectivity index (χ0v) is 16.8. The van der Waals surface area contributed by atoms with E-state index in [-0.39, 0.29) is 16.1 Å². The summed E-state index contributed by atoms with van der Waals surface area (Å²) in [6.45, 7) is 0.735. The van der Waals surface area contributed by atoms with Crippen molar-refractivity contribution in [3.63, 3.8) is 0 Å². The lowest BCUT2D eigenvalue weighted by molar-refractivity contribution is -0.384. The van der Waals surface area contributed by atoms with E-state index >= 15 is 0 Å². The molecule has 1 amide bonds. The van der Waals surface area contributed by atoms with Crippen LogP contribution in [-0.2, 0) is 21.3 Å². The Hall–Kier alpha value is -2.93. The van der Waals surface area contributed by atoms with Crippen LogP contribution in [0.4, 0.5) is 5.69 Å². The molecule has 0 saturated carbocycles. The number of thiazole rings is 1. The van der Waals surface area contributed by atoms with Crippen LogP contribution >= 0.6 is 11.3 Å². The van der Waals surface area contributed by atoms with E-state index in [1.165, 1.54) is 43.5 Å². The SMILES string of the molecule is COCCn1c(=NC(=O)c2ccc([N+](=O)[O-])cc2)sc2cc(S(N)(=O)=O)ccc21. The molecular weight excluding hydrogens is 420 g/mol. The van der Waals surface area contributed by atoms with Gasteiger partial charge in [-0.25, -0.2) is 13.6 Å². The highest BCUT2D eigenvalue weighted by Gasteiger charge is 2.14. The number of nitro benzene ring substituents is 1. The predicted molar refractivity (Wildman–Crippen MR) is 106 cm³/mol. The summed E-state index contributed by atoms with van der Waals surface area (Å²) in [6.07, 6.45) is 0. The lowest BCUT2D eigenvalue weighted by atomic mass is 10.2. The number of nitrogens with two attached hydrogens (primary N) is 1. The molecule has 2 aromatic carbocycles. The number of primary sulfonamides is 1. The van der Waals surface area contributed by atoms with E-state index in [9.17, 15) is 23.3 Å². The fourth-order valence-corrected chi connectivity index (χ4v) is 4.30. The summed E-state index contributed by atoms with van der Waals surface area (Å²) >= 11 is 1.13. The lowest BCUT2D eigenvalue weighted by Crippen LogP contribution is -2.19. The second-order valence-corrected chi connectivity index (χ2v) is 8.50. The molecule has 0 unspecified atom stereocenters. The third kappa shape index (κ3) is 4.56. The molecule has 3 aromatic rings. The normalized spacial score (nSPS) is 12.4. The van der Waals surface area contributed by atoms with Gasteiger partial charge in [0.25, 0.3) is 11.6 Å². The Balaban J connectivity index is 2.10. The number of benzene rings is 2. The Morgan fingerprint density at radius 2 is 1.97 bits per heavy atom. The number of carbonyl (C=O) groups is 1. The maximum absolute atomic E-state index is 12.5. The summed E-state index contributed by atoms with van der Waals surface area (Å²) in [5.74, 6) is -0.579. The van der Waals surface area contributed by atoms with Crippen molar-refractivity contribution in [3.8, 4) is 0 Å². The maximum atomic E-state index is 12.5. The summed E-state index contributed by atoms with van der Waals surface area (Å²) < 4.78 is 30.6. The molecule has 0 fully saturated rings. The first-order chi connectivity index (χ1) is 13.7. The van der Waals surface area contributed by atoms with Gasteiger partial charge in [0.15, 0.2) is 4.80 Å². The molecule has 0 aliphatic heterocycles. The minimum atomic E-state index is -3.87. The third-order valence-electron chi connectivity index (χ3n) is 4.02. The Bertz CT molecular complexity index is 1260. The molecular formula is C17H16N4O6S2. The average molecular weight is 436 g/mol. The molecule has 0 aliphatic carbocycles. The van der Waals surface area contributed by atoms with Crippen LogP contribution in [0.3, 0.4) is 0 Å². The molecule has 0 spiro atoms. The summed E-state index contributed by atoms with van der Waals surface area (Å²) in [4.78, 5) is 27.1. The molecule has 1 heterocycles. The first-order valence-corrected chi connectivity index (χ1v) is 10.6. The Morgan fingerprint density at radius 3 is 2.55 bits per heavy atom. The summed E-state index contributed by atoms with van der Waals surface area (Å²) in [7, 11) is -2.34. The van der Waals surface area contributed by atoms with Crippen LogP contribution in [-0.4, -0.2) is 37.5 Å². The van der Waals surface area contributed by atoms with Crippen LogP contribution in [0.1, 0.15) is 10.4 Å². The molecule has 10 nitrogen and oxygen atoms in total. The number of amides is 1. The molecule has 3 rings (SSSR count). The first-order valence-electron chi connectivity index (χ1n) is 8.19. The molecule has 1 aromatic heterocycles. The quantitative estimate of drug-likeness (QED) is 0.459. The van der Waals surface area contributed by atoms with Crippen molar-refractivity contribution in [2.24, 2.45) is 10.1 Å². The molecule has 2 N–H and O–H groups in total. The highest BCUT2D eigenvalue weighted by Crippen LogP contribution is 2.21. The van der Waals surface area contributed by atoms with Crippen molar-refractivity contribution in [3.05, 3.63) is 62.9 Å². The largest absolute Gasteiger partial charge is 0.383 e. The minimum Gasteiger partial charge on any atom is -0.383 e. The Labute approximate surface area is 169 Å². The van der Waals surface area contributed by atoms with Gasteiger partial charge in [-0.05, 0) is 30.3 Å². The predicted octanol–water partition coefficient (Wildman–Crippen LogP) is 1.65. The van der Waals surface area contributed by atoms with Crippen molar-refractivity contribution < 1.29 is 22.9 Å². The molecule has 0 radical (unpaired) electrons. The van der Waals surface area contributed by atoms with Crippen LogP contribution in [0.25, 0.3) is 10.2 Å². The summed E-state index contributed by atoms with van der Waals surface area (Å²) in [5, 5.41) is 15.9. The van der Waals surface area contributed by atoms with Gasteiger partial charge >= 0.3 is 0 Å². The van der Waals surface area contributed by atoms with Gasteiger partial charge in [-0.1, -0.05) is 11.3 Å². The second kappa shape index (κ2) is 8.21. The van der Waals surface area contributed by atoms with Crippen molar-refractivity contribution in [1.29, 1.82) is 0 Å². The zero-order valence-electron chi connectivity index (χ0n) is 15.1. The van der Waals surface area contributed by atoms with Crippen LogP contribution in [0.2, 0.25) is 0 Å². The Kier molecular flexibility index (Phi) is 5.88. The fraction of sp³-hybridized carbons (Fsp3) is 0.176. The molecule has 0 saturated heterocycles. The standard InChI is InChI=1S/C17H16N4O6S2/c1-27-9-8-20-14-7-6-13(29(18,25)26)10-15(14)28-17(20)19-16(22)11-2-4-12(5-3-11)21(23)24/h2-7,10H,8-9H2,1H3,(H2,18,25,26). The summed E-state index contributed by atoms with van der Waals surface area (Å²) in [6, 6.07) is 9.52. The third-order valence-corrected chi connectivity index (χ3v) is 5.98. The molecule has 12 heteroatoms. The van der Waals surface area contributed by atoms with Crippen molar-refractivity contribution in [1.82, 2.24) is 4.57 Å². The molecule has 0 bridgehead atoms. The van der Waals surface area contributed by atoms with Gasteiger partial charge in [0.2, 0.25) is 10.0 Å². The second-order valence-electron chi connectivity index (χ2n) is 5.92. The monoisotopic (exact) mass is 436 g/mol. The van der Waals surface area contributed by atoms with Gasteiger partial charge in [-0.15, -0.1) is 0 Å². The maximum Gasteiger partial charge on any atom is 0.279 e. The lowest BCUT2D eigenvalue weighted by Gasteiger charge is -2.05. The van der Waals surface area contributed by atoms with Crippen molar-refractivity contribution >= 4 is 43.2 Å². The van der Waals surface area contributed by atoms with E-state index in [4.69, 9.17) is 9.88 Å². The topological polar surface area (TPSA) is 147 Å². The number of non-ortho nitro benzene ring substituents is 1. The van der Waals surface area contributed by atoms with Crippen LogP contribution < -0.4 is 9.94 Å². The van der Waals surface area contributed by atoms with Gasteiger partial charge in [0, 0.05) is 31.4 Å². The van der Waals surface area contributed by atoms with E-state index in [2.05, 4.69) is 4.99 Å². The first kappa shape index (κ1) is 20.8. The number of rotatable bonds is 6. The highest BCUT2D eigenvalue weighted by atomic mass is 32.2. The van der Waals surface area contributed by atoms with E-state index in [1.54, 1.807) is 10.6 Å². The van der Waals surface area contributed by atoms with E-state index in [1.807, 2.05) is 0 Å². The zero-order chi connectivity index (χ0) is 21.2. The van der Waals surface area contributed by atoms with E-state index in [0.717, 1.165) is 11.3 Å². The fourth-order valence-electron chi connectivity index (χ4n) is 2.59. The number of carbonyl (C=O) groups excluding carboxylic acids is 1. The number of aromatic nitrogens is 1. The van der Waals surface area contributed by atoms with Gasteiger partial charge < -0.3 is 9.30 Å². The number of hydrogen-bond acceptors (Lipinski definition) is 7. The molecule has 0 aliphatic rings. The Morgan fingerprint density at radius 1 is 1.28 bits per heavy atom. The van der Waals surface area contributed by atoms with E-state index in [0.29, 0.717) is 28.2 Å². The average Bonchev–Trinajstić information content (AvgIpc) is 3.01. The number of nitrogens with zero attached hydrogens (tertiary/aromatic N) is 3. The van der Waals surface area contributed by atoms with Crippen molar-refractivity contribution in [2.45, 2.75) is 11.4 Å². The smallest absolute Gasteiger partial charge is 0.279 e. The van der Waals surface area contributed by atoms with Crippen LogP contribution in [0.15, 0.2) is 52.4 Å². The number of nitro groups is 1. The van der Waals surface area contributed by atoms with Crippen LogP contribution in [0, 0.1) is 10.1 Å². The van der Waals surface area contributed by atoms with Gasteiger partial charge in [0.05, 0.1) is 26.6 Å². The van der Waals surface area contributed by atoms with E-state index < -0.39 is 20.9 Å². The minimum absolute atomic E-state index is 0.0432. The number of sulfonamides is 1.